The van der Waals surface area contributed by atoms with Crippen molar-refractivity contribution in [2.24, 2.45) is 5.92 Å². The third-order valence-corrected chi connectivity index (χ3v) is 4.55. The van der Waals surface area contributed by atoms with E-state index in [1.807, 2.05) is 4.90 Å². The molecule has 2 aliphatic rings. The number of benzene rings is 1. The number of amides is 2. The molecule has 2 saturated heterocycles. The van der Waals surface area contributed by atoms with Crippen molar-refractivity contribution >= 4 is 11.8 Å². The molecule has 0 aliphatic carbocycles. The predicted octanol–water partition coefficient (Wildman–Crippen LogP) is 2.30. The van der Waals surface area contributed by atoms with Crippen molar-refractivity contribution in [3.8, 4) is 0 Å². The lowest BCUT2D eigenvalue weighted by Gasteiger charge is -2.34. The SMILES string of the molecule is O=C(c1cccc(F)c1)N1CCC[C@@H](C(=O)N2CCCC2)C1. The maximum atomic E-state index is 13.3. The van der Waals surface area contributed by atoms with Gasteiger partial charge in [0.15, 0.2) is 0 Å². The zero-order valence-corrected chi connectivity index (χ0v) is 12.6. The summed E-state index contributed by atoms with van der Waals surface area (Å²) in [5.74, 6) is -0.524. The predicted molar refractivity (Wildman–Crippen MR) is 80.8 cm³/mol. The second kappa shape index (κ2) is 6.46. The lowest BCUT2D eigenvalue weighted by molar-refractivity contribution is -0.135. The van der Waals surface area contributed by atoms with Gasteiger partial charge in [-0.15, -0.1) is 0 Å². The van der Waals surface area contributed by atoms with Gasteiger partial charge in [0.25, 0.3) is 5.91 Å². The molecule has 0 radical (unpaired) electrons. The van der Waals surface area contributed by atoms with Crippen LogP contribution in [0, 0.1) is 11.7 Å². The smallest absolute Gasteiger partial charge is 0.253 e. The number of nitrogens with zero attached hydrogens (tertiary/aromatic N) is 2. The topological polar surface area (TPSA) is 40.6 Å². The van der Waals surface area contributed by atoms with Gasteiger partial charge in [-0.25, -0.2) is 4.39 Å². The molecule has 0 bridgehead atoms. The van der Waals surface area contributed by atoms with E-state index in [9.17, 15) is 14.0 Å². The number of carbonyl (C=O) groups is 2. The molecule has 2 fully saturated rings. The number of halogens is 1. The Bertz CT molecular complexity index is 570. The Hall–Kier alpha value is -1.91. The molecule has 1 aromatic carbocycles. The van der Waals surface area contributed by atoms with E-state index in [1.54, 1.807) is 17.0 Å². The van der Waals surface area contributed by atoms with Crippen LogP contribution in [0.4, 0.5) is 4.39 Å². The molecular formula is C17H21FN2O2. The van der Waals surface area contributed by atoms with Gasteiger partial charge in [0.1, 0.15) is 5.82 Å². The van der Waals surface area contributed by atoms with Gasteiger partial charge in [0.05, 0.1) is 5.92 Å². The van der Waals surface area contributed by atoms with Crippen LogP contribution >= 0.6 is 0 Å². The Morgan fingerprint density at radius 3 is 2.50 bits per heavy atom. The number of hydrogen-bond donors (Lipinski definition) is 0. The summed E-state index contributed by atoms with van der Waals surface area (Å²) in [7, 11) is 0. The fraction of sp³-hybridized carbons (Fsp3) is 0.529. The highest BCUT2D eigenvalue weighted by Crippen LogP contribution is 2.22. The van der Waals surface area contributed by atoms with Gasteiger partial charge < -0.3 is 9.80 Å². The number of rotatable bonds is 2. The lowest BCUT2D eigenvalue weighted by atomic mass is 9.96. The summed E-state index contributed by atoms with van der Waals surface area (Å²) in [6.45, 7) is 2.77. The maximum absolute atomic E-state index is 13.3. The van der Waals surface area contributed by atoms with Crippen molar-refractivity contribution in [1.29, 1.82) is 0 Å². The summed E-state index contributed by atoms with van der Waals surface area (Å²) >= 11 is 0. The van der Waals surface area contributed by atoms with E-state index >= 15 is 0 Å². The highest BCUT2D eigenvalue weighted by Gasteiger charge is 2.32. The summed E-state index contributed by atoms with van der Waals surface area (Å²) in [6.07, 6.45) is 3.81. The number of piperidine rings is 1. The molecule has 5 heteroatoms. The molecule has 1 atom stereocenters. The molecule has 1 aromatic rings. The fourth-order valence-corrected chi connectivity index (χ4v) is 3.36. The van der Waals surface area contributed by atoms with Crippen LogP contribution in [0.3, 0.4) is 0 Å². The van der Waals surface area contributed by atoms with Crippen LogP contribution in [-0.2, 0) is 4.79 Å². The summed E-state index contributed by atoms with van der Waals surface area (Å²) in [6, 6.07) is 5.75. The largest absolute Gasteiger partial charge is 0.342 e. The molecule has 118 valence electrons. The molecule has 2 heterocycles. The van der Waals surface area contributed by atoms with Crippen LogP contribution in [0.15, 0.2) is 24.3 Å². The minimum Gasteiger partial charge on any atom is -0.342 e. The quantitative estimate of drug-likeness (QED) is 0.841. The van der Waals surface area contributed by atoms with Crippen LogP contribution in [0.5, 0.6) is 0 Å². The molecule has 4 nitrogen and oxygen atoms in total. The molecule has 0 spiro atoms. The van der Waals surface area contributed by atoms with Crippen LogP contribution in [-0.4, -0.2) is 47.8 Å². The van der Waals surface area contributed by atoms with Crippen molar-refractivity contribution in [1.82, 2.24) is 9.80 Å². The molecule has 0 aromatic heterocycles. The van der Waals surface area contributed by atoms with Gasteiger partial charge in [-0.2, -0.15) is 0 Å². The Morgan fingerprint density at radius 2 is 1.77 bits per heavy atom. The van der Waals surface area contributed by atoms with E-state index in [2.05, 4.69) is 0 Å². The summed E-state index contributed by atoms with van der Waals surface area (Å²) < 4.78 is 13.3. The third-order valence-electron chi connectivity index (χ3n) is 4.55. The van der Waals surface area contributed by atoms with Crippen molar-refractivity contribution in [3.63, 3.8) is 0 Å². The van der Waals surface area contributed by atoms with Crippen molar-refractivity contribution in [3.05, 3.63) is 35.6 Å². The third kappa shape index (κ3) is 3.13. The van der Waals surface area contributed by atoms with E-state index in [4.69, 9.17) is 0 Å². The molecule has 0 unspecified atom stereocenters. The first-order valence-electron chi connectivity index (χ1n) is 7.99. The minimum absolute atomic E-state index is 0.107. The average Bonchev–Trinajstić information content (AvgIpc) is 3.08. The van der Waals surface area contributed by atoms with Gasteiger partial charge >= 0.3 is 0 Å². The van der Waals surface area contributed by atoms with E-state index in [0.29, 0.717) is 18.7 Å². The normalized spacial score (nSPS) is 22.0. The minimum atomic E-state index is -0.410. The van der Waals surface area contributed by atoms with Crippen molar-refractivity contribution in [2.45, 2.75) is 25.7 Å². The monoisotopic (exact) mass is 304 g/mol. The Kier molecular flexibility index (Phi) is 4.41. The van der Waals surface area contributed by atoms with E-state index in [1.165, 1.54) is 12.1 Å². The van der Waals surface area contributed by atoms with E-state index in [-0.39, 0.29) is 17.7 Å². The van der Waals surface area contributed by atoms with E-state index in [0.717, 1.165) is 38.8 Å². The Labute approximate surface area is 129 Å². The molecule has 2 aliphatic heterocycles. The van der Waals surface area contributed by atoms with Gasteiger partial charge in [-0.05, 0) is 43.9 Å². The first-order chi connectivity index (χ1) is 10.6. The highest BCUT2D eigenvalue weighted by molar-refractivity contribution is 5.94. The lowest BCUT2D eigenvalue weighted by Crippen LogP contribution is -2.46. The van der Waals surface area contributed by atoms with Gasteiger partial charge in [0, 0.05) is 31.7 Å². The first-order valence-corrected chi connectivity index (χ1v) is 7.99. The average molecular weight is 304 g/mol. The molecule has 0 saturated carbocycles. The summed E-state index contributed by atoms with van der Waals surface area (Å²) in [4.78, 5) is 28.6. The molecule has 3 rings (SSSR count). The van der Waals surface area contributed by atoms with Crippen molar-refractivity contribution in [2.75, 3.05) is 26.2 Å². The number of likely N-dealkylation sites (tertiary alicyclic amines) is 2. The second-order valence-electron chi connectivity index (χ2n) is 6.13. The molecule has 22 heavy (non-hydrogen) atoms. The fourth-order valence-electron chi connectivity index (χ4n) is 3.36. The van der Waals surface area contributed by atoms with Crippen LogP contribution in [0.2, 0.25) is 0 Å². The Morgan fingerprint density at radius 1 is 1.05 bits per heavy atom. The zero-order chi connectivity index (χ0) is 15.5. The van der Waals surface area contributed by atoms with Gasteiger partial charge in [-0.3, -0.25) is 9.59 Å². The van der Waals surface area contributed by atoms with Crippen LogP contribution in [0.25, 0.3) is 0 Å². The molecule has 2 amide bonds. The van der Waals surface area contributed by atoms with Crippen molar-refractivity contribution < 1.29 is 14.0 Å². The number of hydrogen-bond acceptors (Lipinski definition) is 2. The molecular weight excluding hydrogens is 283 g/mol. The first kappa shape index (κ1) is 15.0. The summed E-state index contributed by atoms with van der Waals surface area (Å²) in [5.41, 5.74) is 0.356. The van der Waals surface area contributed by atoms with Gasteiger partial charge in [0.2, 0.25) is 5.91 Å². The van der Waals surface area contributed by atoms with Crippen LogP contribution < -0.4 is 0 Å². The Balaban J connectivity index is 1.67. The highest BCUT2D eigenvalue weighted by atomic mass is 19.1. The van der Waals surface area contributed by atoms with E-state index < -0.39 is 5.82 Å². The summed E-state index contributed by atoms with van der Waals surface area (Å²) in [5, 5.41) is 0. The maximum Gasteiger partial charge on any atom is 0.253 e. The van der Waals surface area contributed by atoms with Gasteiger partial charge in [-0.1, -0.05) is 6.07 Å². The van der Waals surface area contributed by atoms with Crippen LogP contribution in [0.1, 0.15) is 36.0 Å². The zero-order valence-electron chi connectivity index (χ0n) is 12.6. The molecule has 0 N–H and O–H groups in total. The standard InChI is InChI=1S/C17H21FN2O2/c18-15-7-3-5-13(11-15)16(21)20-10-4-6-14(12-20)17(22)19-8-1-2-9-19/h3,5,7,11,14H,1-2,4,6,8-10,12H2/t14-/m1/s1. The second-order valence-corrected chi connectivity index (χ2v) is 6.13. The number of carbonyl (C=O) groups excluding carboxylic acids is 2.